The Balaban J connectivity index is 2.65. The van der Waals surface area contributed by atoms with Crippen molar-refractivity contribution in [1.29, 1.82) is 0 Å². The van der Waals surface area contributed by atoms with Gasteiger partial charge < -0.3 is 10.0 Å². The van der Waals surface area contributed by atoms with Crippen LogP contribution in [0.1, 0.15) is 25.3 Å². The zero-order valence-electron chi connectivity index (χ0n) is 9.61. The number of hydrogen-bond acceptors (Lipinski definition) is 3. The summed E-state index contributed by atoms with van der Waals surface area (Å²) in [5.74, 6) is 0.961. The Labute approximate surface area is 91.8 Å². The summed E-state index contributed by atoms with van der Waals surface area (Å²) >= 11 is 0. The van der Waals surface area contributed by atoms with Crippen LogP contribution in [0.5, 0.6) is 0 Å². The van der Waals surface area contributed by atoms with E-state index in [4.69, 9.17) is 5.11 Å². The summed E-state index contributed by atoms with van der Waals surface area (Å²) in [6.45, 7) is 6.00. The number of unbranched alkanes of at least 4 members (excludes halogenated alkanes) is 1. The highest BCUT2D eigenvalue weighted by atomic mass is 16.3. The van der Waals surface area contributed by atoms with E-state index in [9.17, 15) is 0 Å². The quantitative estimate of drug-likeness (QED) is 0.776. The molecule has 0 unspecified atom stereocenters. The van der Waals surface area contributed by atoms with Gasteiger partial charge in [-0.1, -0.05) is 19.4 Å². The third kappa shape index (κ3) is 3.88. The molecule has 15 heavy (non-hydrogen) atoms. The summed E-state index contributed by atoms with van der Waals surface area (Å²) in [6.07, 6.45) is 4.16. The van der Waals surface area contributed by atoms with E-state index >= 15 is 0 Å². The molecule has 0 atom stereocenters. The molecule has 1 aromatic heterocycles. The second-order valence-corrected chi connectivity index (χ2v) is 3.76. The van der Waals surface area contributed by atoms with Crippen LogP contribution in [0.25, 0.3) is 0 Å². The monoisotopic (exact) mass is 208 g/mol. The van der Waals surface area contributed by atoms with Gasteiger partial charge in [-0.15, -0.1) is 0 Å². The number of pyridine rings is 1. The summed E-state index contributed by atoms with van der Waals surface area (Å²) in [5, 5.41) is 8.98. The van der Waals surface area contributed by atoms with E-state index in [0.717, 1.165) is 30.8 Å². The second-order valence-electron chi connectivity index (χ2n) is 3.76. The molecule has 0 bridgehead atoms. The normalized spacial score (nSPS) is 10.3. The van der Waals surface area contributed by atoms with Crippen LogP contribution in [0.4, 0.5) is 5.82 Å². The lowest BCUT2D eigenvalue weighted by atomic mass is 10.3. The standard InChI is InChI=1S/C12H20N2O/c1-3-4-7-14(8-9-15)12-6-5-11(2)10-13-12/h5-6,10,15H,3-4,7-9H2,1-2H3. The molecule has 0 amide bonds. The molecule has 0 fully saturated rings. The molecule has 1 aromatic rings. The Hall–Kier alpha value is -1.09. The van der Waals surface area contributed by atoms with Crippen molar-refractivity contribution in [3.8, 4) is 0 Å². The smallest absolute Gasteiger partial charge is 0.128 e. The summed E-state index contributed by atoms with van der Waals surface area (Å²) in [6, 6.07) is 4.07. The molecule has 0 saturated heterocycles. The van der Waals surface area contributed by atoms with E-state index in [0.29, 0.717) is 6.54 Å². The van der Waals surface area contributed by atoms with Crippen molar-refractivity contribution in [2.45, 2.75) is 26.7 Å². The van der Waals surface area contributed by atoms with Gasteiger partial charge in [0, 0.05) is 19.3 Å². The van der Waals surface area contributed by atoms with E-state index in [-0.39, 0.29) is 6.61 Å². The van der Waals surface area contributed by atoms with Crippen LogP contribution in [-0.4, -0.2) is 29.8 Å². The van der Waals surface area contributed by atoms with Gasteiger partial charge in [0.25, 0.3) is 0 Å². The molecule has 0 radical (unpaired) electrons. The Bertz CT molecular complexity index is 271. The summed E-state index contributed by atoms with van der Waals surface area (Å²) in [7, 11) is 0. The average molecular weight is 208 g/mol. The molecule has 0 aromatic carbocycles. The van der Waals surface area contributed by atoms with Crippen LogP contribution in [0, 0.1) is 6.92 Å². The minimum atomic E-state index is 0.180. The number of aliphatic hydroxyl groups excluding tert-OH is 1. The molecule has 1 N–H and O–H groups in total. The van der Waals surface area contributed by atoms with E-state index in [1.807, 2.05) is 19.2 Å². The number of aliphatic hydroxyl groups is 1. The van der Waals surface area contributed by atoms with Gasteiger partial charge in [0.2, 0.25) is 0 Å². The highest BCUT2D eigenvalue weighted by Gasteiger charge is 2.05. The molecule has 1 rings (SSSR count). The fraction of sp³-hybridized carbons (Fsp3) is 0.583. The molecule has 3 nitrogen and oxygen atoms in total. The predicted molar refractivity (Wildman–Crippen MR) is 63.2 cm³/mol. The van der Waals surface area contributed by atoms with Crippen LogP contribution in [0.3, 0.4) is 0 Å². The molecule has 3 heteroatoms. The highest BCUT2D eigenvalue weighted by molar-refractivity contribution is 5.38. The highest BCUT2D eigenvalue weighted by Crippen LogP contribution is 2.11. The molecule has 0 aliphatic rings. The number of nitrogens with zero attached hydrogens (tertiary/aromatic N) is 2. The number of rotatable bonds is 6. The van der Waals surface area contributed by atoms with Gasteiger partial charge in [0.1, 0.15) is 5.82 Å². The van der Waals surface area contributed by atoms with Gasteiger partial charge in [-0.25, -0.2) is 4.98 Å². The minimum Gasteiger partial charge on any atom is -0.395 e. The first kappa shape index (κ1) is 12.0. The van der Waals surface area contributed by atoms with Crippen LogP contribution < -0.4 is 4.90 Å². The maximum absolute atomic E-state index is 8.98. The van der Waals surface area contributed by atoms with Crippen LogP contribution in [0.15, 0.2) is 18.3 Å². The first-order valence-corrected chi connectivity index (χ1v) is 5.56. The van der Waals surface area contributed by atoms with Gasteiger partial charge in [0.15, 0.2) is 0 Å². The largest absolute Gasteiger partial charge is 0.395 e. The first-order chi connectivity index (χ1) is 7.27. The van der Waals surface area contributed by atoms with Gasteiger partial charge in [-0.05, 0) is 25.0 Å². The Kier molecular flexibility index (Phi) is 5.12. The fourth-order valence-electron chi connectivity index (χ4n) is 1.46. The van der Waals surface area contributed by atoms with Gasteiger partial charge in [0.05, 0.1) is 6.61 Å². The van der Waals surface area contributed by atoms with Crippen molar-refractivity contribution in [2.24, 2.45) is 0 Å². The van der Waals surface area contributed by atoms with Gasteiger partial charge >= 0.3 is 0 Å². The molecule has 0 saturated carbocycles. The molecule has 0 aliphatic carbocycles. The third-order valence-corrected chi connectivity index (χ3v) is 2.37. The molecule has 0 aliphatic heterocycles. The fourth-order valence-corrected chi connectivity index (χ4v) is 1.46. The molecule has 0 spiro atoms. The van der Waals surface area contributed by atoms with Crippen molar-refractivity contribution in [3.63, 3.8) is 0 Å². The number of hydrogen-bond donors (Lipinski definition) is 1. The van der Waals surface area contributed by atoms with Crippen LogP contribution in [-0.2, 0) is 0 Å². The van der Waals surface area contributed by atoms with Gasteiger partial charge in [-0.2, -0.15) is 0 Å². The SMILES string of the molecule is CCCCN(CCO)c1ccc(C)cn1. The van der Waals surface area contributed by atoms with Crippen molar-refractivity contribution in [2.75, 3.05) is 24.6 Å². The zero-order chi connectivity index (χ0) is 11.1. The Morgan fingerprint density at radius 2 is 2.13 bits per heavy atom. The molecular weight excluding hydrogens is 188 g/mol. The number of anilines is 1. The summed E-state index contributed by atoms with van der Waals surface area (Å²) in [5.41, 5.74) is 1.16. The van der Waals surface area contributed by atoms with Crippen molar-refractivity contribution < 1.29 is 5.11 Å². The minimum absolute atomic E-state index is 0.180. The second kappa shape index (κ2) is 6.40. The lowest BCUT2D eigenvalue weighted by Crippen LogP contribution is -2.28. The van der Waals surface area contributed by atoms with Gasteiger partial charge in [-0.3, -0.25) is 0 Å². The first-order valence-electron chi connectivity index (χ1n) is 5.56. The maximum Gasteiger partial charge on any atom is 0.128 e. The molecule has 1 heterocycles. The third-order valence-electron chi connectivity index (χ3n) is 2.37. The van der Waals surface area contributed by atoms with Crippen LogP contribution >= 0.6 is 0 Å². The van der Waals surface area contributed by atoms with Crippen LogP contribution in [0.2, 0.25) is 0 Å². The molecule has 84 valence electrons. The van der Waals surface area contributed by atoms with Crippen molar-refractivity contribution in [1.82, 2.24) is 4.98 Å². The average Bonchev–Trinajstić information content (AvgIpc) is 2.25. The zero-order valence-corrected chi connectivity index (χ0v) is 9.61. The van der Waals surface area contributed by atoms with Crippen molar-refractivity contribution in [3.05, 3.63) is 23.9 Å². The van der Waals surface area contributed by atoms with E-state index in [1.54, 1.807) is 0 Å². The number of aryl methyl sites for hydroxylation is 1. The van der Waals surface area contributed by atoms with E-state index in [2.05, 4.69) is 22.9 Å². The maximum atomic E-state index is 8.98. The number of aromatic nitrogens is 1. The lowest BCUT2D eigenvalue weighted by molar-refractivity contribution is 0.301. The topological polar surface area (TPSA) is 36.4 Å². The van der Waals surface area contributed by atoms with Crippen molar-refractivity contribution >= 4 is 5.82 Å². The predicted octanol–water partition coefficient (Wildman–Crippen LogP) is 1.99. The summed E-state index contributed by atoms with van der Waals surface area (Å²) < 4.78 is 0. The molecular formula is C12H20N2O. The Morgan fingerprint density at radius 1 is 1.33 bits per heavy atom. The summed E-state index contributed by atoms with van der Waals surface area (Å²) in [4.78, 5) is 6.49. The Morgan fingerprint density at radius 3 is 2.67 bits per heavy atom. The van der Waals surface area contributed by atoms with E-state index in [1.165, 1.54) is 0 Å². The van der Waals surface area contributed by atoms with E-state index < -0.39 is 0 Å². The lowest BCUT2D eigenvalue weighted by Gasteiger charge is -2.22.